The first-order valence-corrected chi connectivity index (χ1v) is 16.3. The van der Waals surface area contributed by atoms with Crippen molar-refractivity contribution in [2.75, 3.05) is 0 Å². The van der Waals surface area contributed by atoms with Crippen LogP contribution in [0.25, 0.3) is 11.1 Å². The Kier molecular flexibility index (Phi) is 10.6. The summed E-state index contributed by atoms with van der Waals surface area (Å²) in [5.74, 6) is -5.32. The maximum Gasteiger partial charge on any atom is 0.432 e. The Balaban J connectivity index is 1.22. The lowest BCUT2D eigenvalue weighted by molar-refractivity contribution is -0.189. The minimum Gasteiger partial charge on any atom is -0.429 e. The van der Waals surface area contributed by atoms with E-state index in [1.54, 1.807) is 0 Å². The second-order valence-corrected chi connectivity index (χ2v) is 12.9. The summed E-state index contributed by atoms with van der Waals surface area (Å²) in [4.78, 5) is 0. The Hall–Kier alpha value is -3.54. The molecule has 0 unspecified atom stereocenters. The van der Waals surface area contributed by atoms with Crippen LogP contribution in [0.15, 0.2) is 42.5 Å². The zero-order valence-corrected chi connectivity index (χ0v) is 25.8. The van der Waals surface area contributed by atoms with Gasteiger partial charge in [0.15, 0.2) is 0 Å². The van der Waals surface area contributed by atoms with Gasteiger partial charge in [-0.2, -0.15) is 14.0 Å². The number of hydrogen-bond acceptors (Lipinski definition) is 2. The van der Waals surface area contributed by atoms with Gasteiger partial charge in [-0.3, -0.25) is 0 Å². The normalized spacial score (nSPS) is 22.0. The molecule has 246 valence electrons. The van der Waals surface area contributed by atoms with Gasteiger partial charge in [0, 0.05) is 11.6 Å². The molecule has 46 heavy (non-hydrogen) atoms. The van der Waals surface area contributed by atoms with Gasteiger partial charge in [-0.15, -0.1) is 0 Å². The van der Waals surface area contributed by atoms with Gasteiger partial charge in [0.1, 0.15) is 52.0 Å². The third-order valence-corrected chi connectivity index (χ3v) is 10.0. The fraction of sp³-hybridized carbons (Fsp3) is 0.486. The zero-order chi connectivity index (χ0) is 33.0. The molecule has 3 aromatic rings. The monoisotopic (exact) mass is 645 g/mol. The number of alkyl halides is 2. The Bertz CT molecular complexity index is 1520. The maximum atomic E-state index is 15.1. The van der Waals surface area contributed by atoms with Gasteiger partial charge >= 0.3 is 6.11 Å². The molecule has 0 N–H and O–H groups in total. The second kappa shape index (κ2) is 14.5. The summed E-state index contributed by atoms with van der Waals surface area (Å²) in [6.07, 6.45) is 9.06. The lowest BCUT2D eigenvalue weighted by atomic mass is 9.68. The number of halogens is 7. The number of nitriles is 1. The Morgan fingerprint density at radius 3 is 1.87 bits per heavy atom. The van der Waals surface area contributed by atoms with E-state index in [0.717, 1.165) is 68.0 Å². The molecule has 0 spiro atoms. The summed E-state index contributed by atoms with van der Waals surface area (Å²) in [5, 5.41) is 8.81. The largest absolute Gasteiger partial charge is 0.432 e. The first-order chi connectivity index (χ1) is 22.0. The SMILES string of the molecule is CCCCCC1CCC(C2CCC(c3cc(F)c(C(F)(F)Oc4ccc(-c5cc(F)c(C#N)c(F)c5)c(F)c4)c(F)c3)CC2)CC1. The van der Waals surface area contributed by atoms with Gasteiger partial charge in [-0.1, -0.05) is 45.4 Å². The van der Waals surface area contributed by atoms with Crippen molar-refractivity contribution in [3.05, 3.63) is 88.2 Å². The van der Waals surface area contributed by atoms with E-state index in [0.29, 0.717) is 23.5 Å². The first kappa shape index (κ1) is 33.8. The van der Waals surface area contributed by atoms with E-state index in [1.807, 2.05) is 0 Å². The summed E-state index contributed by atoms with van der Waals surface area (Å²) in [5.41, 5.74) is -2.73. The van der Waals surface area contributed by atoms with Crippen LogP contribution in [0.4, 0.5) is 30.7 Å². The van der Waals surface area contributed by atoms with Crippen molar-refractivity contribution in [1.29, 1.82) is 5.26 Å². The maximum absolute atomic E-state index is 15.1. The van der Waals surface area contributed by atoms with Crippen molar-refractivity contribution >= 4 is 0 Å². The quantitative estimate of drug-likeness (QED) is 0.162. The molecule has 2 nitrogen and oxygen atoms in total. The molecule has 3 aromatic carbocycles. The van der Waals surface area contributed by atoms with Crippen LogP contribution in [0, 0.1) is 58.2 Å². The molecule has 0 aliphatic heterocycles. The fourth-order valence-corrected chi connectivity index (χ4v) is 7.49. The molecule has 5 rings (SSSR count). The molecule has 0 aromatic heterocycles. The molecule has 0 amide bonds. The van der Waals surface area contributed by atoms with Gasteiger partial charge in [-0.25, -0.2) is 22.0 Å². The molecule has 0 bridgehead atoms. The van der Waals surface area contributed by atoms with Crippen LogP contribution < -0.4 is 4.74 Å². The molecule has 2 aliphatic rings. The number of rotatable bonds is 10. The minimum atomic E-state index is -4.49. The highest BCUT2D eigenvalue weighted by Crippen LogP contribution is 2.46. The molecule has 2 fully saturated rings. The molecule has 0 atom stereocenters. The number of hydrogen-bond donors (Lipinski definition) is 0. The van der Waals surface area contributed by atoms with Crippen molar-refractivity contribution in [2.24, 2.45) is 17.8 Å². The van der Waals surface area contributed by atoms with Crippen molar-refractivity contribution in [1.82, 2.24) is 0 Å². The molecule has 2 aliphatic carbocycles. The van der Waals surface area contributed by atoms with Crippen molar-refractivity contribution in [3.63, 3.8) is 0 Å². The van der Waals surface area contributed by atoms with Crippen LogP contribution in [0.1, 0.15) is 107 Å². The average Bonchev–Trinajstić information content (AvgIpc) is 3.01. The lowest BCUT2D eigenvalue weighted by Gasteiger charge is -2.38. The van der Waals surface area contributed by atoms with Crippen LogP contribution in [-0.4, -0.2) is 0 Å². The summed E-state index contributed by atoms with van der Waals surface area (Å²) in [6, 6.07) is 7.05. The Labute approximate surface area is 265 Å². The van der Waals surface area contributed by atoms with Gasteiger partial charge in [0.2, 0.25) is 0 Å². The van der Waals surface area contributed by atoms with E-state index < -0.39 is 52.1 Å². The lowest BCUT2D eigenvalue weighted by Crippen LogP contribution is -2.27. The Morgan fingerprint density at radius 2 is 1.33 bits per heavy atom. The highest BCUT2D eigenvalue weighted by Gasteiger charge is 2.42. The number of unbranched alkanes of at least 4 members (excludes halogenated alkanes) is 2. The summed E-state index contributed by atoms with van der Waals surface area (Å²) in [7, 11) is 0. The first-order valence-electron chi connectivity index (χ1n) is 16.3. The molecule has 0 heterocycles. The van der Waals surface area contributed by atoms with Gasteiger partial charge in [-0.05, 0) is 110 Å². The fourth-order valence-electron chi connectivity index (χ4n) is 7.49. The number of nitrogens with zero attached hydrogens (tertiary/aromatic N) is 1. The number of benzene rings is 3. The summed E-state index contributed by atoms with van der Waals surface area (Å²) in [6.45, 7) is 2.22. The zero-order valence-electron chi connectivity index (χ0n) is 25.8. The van der Waals surface area contributed by atoms with E-state index in [1.165, 1.54) is 57.4 Å². The van der Waals surface area contributed by atoms with Crippen molar-refractivity contribution in [3.8, 4) is 22.9 Å². The van der Waals surface area contributed by atoms with E-state index >= 15 is 17.6 Å². The highest BCUT2D eigenvalue weighted by molar-refractivity contribution is 5.66. The topological polar surface area (TPSA) is 33.0 Å². The molecule has 2 saturated carbocycles. The third-order valence-electron chi connectivity index (χ3n) is 10.0. The van der Waals surface area contributed by atoms with Crippen LogP contribution in [-0.2, 0) is 6.11 Å². The number of ether oxygens (including phenoxy) is 1. The van der Waals surface area contributed by atoms with Gasteiger partial charge in [0.05, 0.1) is 0 Å². The minimum absolute atomic E-state index is 0.132. The van der Waals surface area contributed by atoms with E-state index in [-0.39, 0.29) is 17.0 Å². The average molecular weight is 646 g/mol. The molecule has 0 saturated heterocycles. The van der Waals surface area contributed by atoms with E-state index in [4.69, 9.17) is 5.26 Å². The van der Waals surface area contributed by atoms with Crippen LogP contribution in [0.3, 0.4) is 0 Å². The summed E-state index contributed by atoms with van der Waals surface area (Å²) < 4.78 is 108. The predicted molar refractivity (Wildman–Crippen MR) is 162 cm³/mol. The predicted octanol–water partition coefficient (Wildman–Crippen LogP) is 11.7. The van der Waals surface area contributed by atoms with Gasteiger partial charge < -0.3 is 4.74 Å². The van der Waals surface area contributed by atoms with Crippen molar-refractivity contribution in [2.45, 2.75) is 96.0 Å². The Morgan fingerprint density at radius 1 is 0.739 bits per heavy atom. The highest BCUT2D eigenvalue weighted by atomic mass is 19.3. The smallest absolute Gasteiger partial charge is 0.429 e. The summed E-state index contributed by atoms with van der Waals surface area (Å²) >= 11 is 0. The molecule has 0 radical (unpaired) electrons. The molecular weight excluding hydrogens is 607 g/mol. The van der Waals surface area contributed by atoms with E-state index in [2.05, 4.69) is 11.7 Å². The second-order valence-electron chi connectivity index (χ2n) is 12.9. The van der Waals surface area contributed by atoms with Crippen LogP contribution in [0.2, 0.25) is 0 Å². The third kappa shape index (κ3) is 7.53. The van der Waals surface area contributed by atoms with Gasteiger partial charge in [0.25, 0.3) is 0 Å². The van der Waals surface area contributed by atoms with Crippen molar-refractivity contribution < 1.29 is 35.5 Å². The molecular formula is C37H38F7NO. The standard InChI is InChI=1S/C37H38F7NO/c1-2-3-4-5-22-6-8-23(9-7-22)24-10-12-25(13-11-24)26-16-34(41)36(35(42)17-26)37(43,44)46-28-14-15-29(33(40)20-28)27-18-31(38)30(21-45)32(39)19-27/h14-20,22-25H,2-13H2,1H3. The molecule has 9 heteroatoms. The van der Waals surface area contributed by atoms with E-state index in [9.17, 15) is 13.2 Å². The van der Waals surface area contributed by atoms with Crippen LogP contribution in [0.5, 0.6) is 5.75 Å². The van der Waals surface area contributed by atoms with Crippen LogP contribution >= 0.6 is 0 Å².